The number of hydrogen-bond donors (Lipinski definition) is 0. The fourth-order valence-corrected chi connectivity index (χ4v) is 7.96. The minimum absolute atomic E-state index is 0.118. The van der Waals surface area contributed by atoms with E-state index in [0.717, 1.165) is 103 Å². The van der Waals surface area contributed by atoms with Crippen LogP contribution in [0.5, 0.6) is 0 Å². The van der Waals surface area contributed by atoms with Crippen molar-refractivity contribution < 1.29 is 28.6 Å². The molecule has 0 aliphatic heterocycles. The standard InChI is InChI=1S/C67H110O6/c1-4-7-10-13-16-19-22-25-28-30-31-32-33-34-35-37-39-42-45-48-51-54-57-60-66(69)72-63-64(62-71-65(68)59-56-53-50-47-44-41-38-27-24-21-18-15-12-9-6-3)73-67(70)61-58-55-52-49-46-43-40-36-29-26-23-20-17-14-11-8-5-2/h9,12,17-18,20-22,25-27,29-31,33-34,38,44,47,53,56,64H,4-8,10-11,13-16,19,23-24,28,32,35-37,39-43,45-46,48-52,54-55,57-63H2,1-3H3/b12-9-,20-17-,21-18-,25-22-,29-26-,31-30-,34-33-,38-27-,47-44-,56-53-. The van der Waals surface area contributed by atoms with Crippen LogP contribution in [0, 0.1) is 0 Å². The molecule has 0 fully saturated rings. The Morgan fingerprint density at radius 2 is 0.589 bits per heavy atom. The molecule has 6 nitrogen and oxygen atoms in total. The Morgan fingerprint density at radius 3 is 0.986 bits per heavy atom. The van der Waals surface area contributed by atoms with E-state index in [1.54, 1.807) is 6.08 Å². The Labute approximate surface area is 450 Å². The molecule has 0 saturated heterocycles. The van der Waals surface area contributed by atoms with Gasteiger partial charge in [0.2, 0.25) is 0 Å². The maximum atomic E-state index is 12.9. The van der Waals surface area contributed by atoms with E-state index in [9.17, 15) is 14.4 Å². The number of ether oxygens (including phenoxy) is 3. The zero-order valence-electron chi connectivity index (χ0n) is 47.4. The molecule has 0 aromatic rings. The van der Waals surface area contributed by atoms with Crippen LogP contribution < -0.4 is 0 Å². The summed E-state index contributed by atoms with van der Waals surface area (Å²) >= 11 is 0. The van der Waals surface area contributed by atoms with Crippen LogP contribution in [-0.4, -0.2) is 37.2 Å². The maximum absolute atomic E-state index is 12.9. The lowest BCUT2D eigenvalue weighted by Crippen LogP contribution is -2.30. The van der Waals surface area contributed by atoms with Crippen LogP contribution in [0.3, 0.4) is 0 Å². The van der Waals surface area contributed by atoms with Crippen LogP contribution in [0.15, 0.2) is 122 Å². The molecule has 0 saturated carbocycles. The van der Waals surface area contributed by atoms with Crippen molar-refractivity contribution in [1.82, 2.24) is 0 Å². The predicted octanol–water partition coefficient (Wildman–Crippen LogP) is 20.4. The molecule has 0 radical (unpaired) electrons. The van der Waals surface area contributed by atoms with E-state index in [-0.39, 0.29) is 31.6 Å². The molecule has 0 aromatic carbocycles. The molecule has 0 heterocycles. The molecule has 0 rings (SSSR count). The van der Waals surface area contributed by atoms with Crippen molar-refractivity contribution >= 4 is 17.9 Å². The van der Waals surface area contributed by atoms with Gasteiger partial charge in [0.25, 0.3) is 0 Å². The summed E-state index contributed by atoms with van der Waals surface area (Å²) in [5.74, 6) is -1.07. The summed E-state index contributed by atoms with van der Waals surface area (Å²) in [5, 5.41) is 0. The van der Waals surface area contributed by atoms with Gasteiger partial charge in [-0.3, -0.25) is 14.4 Å². The fraction of sp³-hybridized carbons (Fsp3) is 0.657. The van der Waals surface area contributed by atoms with Gasteiger partial charge in [0.05, 0.1) is 6.42 Å². The van der Waals surface area contributed by atoms with Crippen LogP contribution >= 0.6 is 0 Å². The Kier molecular flexibility index (Phi) is 56.9. The fourth-order valence-electron chi connectivity index (χ4n) is 7.96. The van der Waals surface area contributed by atoms with Gasteiger partial charge in [-0.25, -0.2) is 0 Å². The normalized spacial score (nSPS) is 13.0. The Morgan fingerprint density at radius 1 is 0.301 bits per heavy atom. The second-order valence-corrected chi connectivity index (χ2v) is 19.5. The summed E-state index contributed by atoms with van der Waals surface area (Å²) in [6, 6.07) is 0. The molecule has 0 amide bonds. The number of carbonyl (C=O) groups excluding carboxylic acids is 3. The average molecular weight is 1010 g/mol. The Balaban J connectivity index is 4.48. The minimum atomic E-state index is -0.830. The lowest BCUT2D eigenvalue weighted by Gasteiger charge is -2.18. The number of allylic oxidation sites excluding steroid dienone is 19. The summed E-state index contributed by atoms with van der Waals surface area (Å²) in [5.41, 5.74) is 0. The lowest BCUT2D eigenvalue weighted by atomic mass is 10.1. The van der Waals surface area contributed by atoms with Gasteiger partial charge in [0.1, 0.15) is 13.2 Å². The first-order chi connectivity index (χ1) is 36.0. The highest BCUT2D eigenvalue weighted by atomic mass is 16.6. The molecule has 1 unspecified atom stereocenters. The number of carbonyl (C=O) groups is 3. The van der Waals surface area contributed by atoms with Crippen LogP contribution in [0.25, 0.3) is 0 Å². The van der Waals surface area contributed by atoms with E-state index in [0.29, 0.717) is 12.8 Å². The van der Waals surface area contributed by atoms with Gasteiger partial charge in [0.15, 0.2) is 6.10 Å². The van der Waals surface area contributed by atoms with Crippen molar-refractivity contribution in [3.8, 4) is 0 Å². The monoisotopic (exact) mass is 1010 g/mol. The zero-order chi connectivity index (χ0) is 52.9. The Bertz CT molecular complexity index is 1540. The molecule has 6 heteroatoms. The van der Waals surface area contributed by atoms with E-state index in [2.05, 4.69) is 130 Å². The predicted molar refractivity (Wildman–Crippen MR) is 316 cm³/mol. The van der Waals surface area contributed by atoms with E-state index in [1.165, 1.54) is 122 Å². The molecule has 73 heavy (non-hydrogen) atoms. The van der Waals surface area contributed by atoms with Gasteiger partial charge >= 0.3 is 17.9 Å². The van der Waals surface area contributed by atoms with Crippen molar-refractivity contribution in [3.63, 3.8) is 0 Å². The minimum Gasteiger partial charge on any atom is -0.462 e. The van der Waals surface area contributed by atoms with Crippen molar-refractivity contribution in [2.75, 3.05) is 13.2 Å². The highest BCUT2D eigenvalue weighted by molar-refractivity contribution is 5.72. The van der Waals surface area contributed by atoms with E-state index in [1.807, 2.05) is 6.08 Å². The summed E-state index contributed by atoms with van der Waals surface area (Å²) in [6.45, 7) is 6.39. The average Bonchev–Trinajstić information content (AvgIpc) is 3.39. The molecular formula is C67H110O6. The van der Waals surface area contributed by atoms with E-state index < -0.39 is 12.1 Å². The first kappa shape index (κ1) is 68.8. The lowest BCUT2D eigenvalue weighted by molar-refractivity contribution is -0.166. The molecule has 0 aromatic heterocycles. The smallest absolute Gasteiger partial charge is 0.309 e. The van der Waals surface area contributed by atoms with Crippen molar-refractivity contribution in [1.29, 1.82) is 0 Å². The molecule has 0 aliphatic carbocycles. The van der Waals surface area contributed by atoms with Gasteiger partial charge in [-0.05, 0) is 116 Å². The third-order valence-electron chi connectivity index (χ3n) is 12.5. The maximum Gasteiger partial charge on any atom is 0.309 e. The summed E-state index contributed by atoms with van der Waals surface area (Å²) < 4.78 is 16.8. The summed E-state index contributed by atoms with van der Waals surface area (Å²) in [4.78, 5) is 38.2. The molecule has 0 aliphatic rings. The van der Waals surface area contributed by atoms with Crippen molar-refractivity contribution in [3.05, 3.63) is 122 Å². The number of hydrogen-bond acceptors (Lipinski definition) is 6. The molecule has 0 bridgehead atoms. The van der Waals surface area contributed by atoms with Gasteiger partial charge in [0, 0.05) is 12.8 Å². The number of unbranched alkanes of at least 4 members (excludes halogenated alkanes) is 23. The highest BCUT2D eigenvalue weighted by Crippen LogP contribution is 2.14. The van der Waals surface area contributed by atoms with Crippen LogP contribution in [0.1, 0.15) is 265 Å². The van der Waals surface area contributed by atoms with Crippen LogP contribution in [0.4, 0.5) is 0 Å². The molecule has 414 valence electrons. The van der Waals surface area contributed by atoms with Gasteiger partial charge in [-0.15, -0.1) is 0 Å². The third kappa shape index (κ3) is 58.6. The van der Waals surface area contributed by atoms with Crippen molar-refractivity contribution in [2.24, 2.45) is 0 Å². The van der Waals surface area contributed by atoms with E-state index >= 15 is 0 Å². The summed E-state index contributed by atoms with van der Waals surface area (Å²) in [7, 11) is 0. The molecule has 0 spiro atoms. The molecule has 0 N–H and O–H groups in total. The SMILES string of the molecule is CC/C=C\C/C=C\C/C=C\C/C=C\C/C=C\CC(=O)OCC(COC(=O)CCCCCCCCCC/C=C\C/C=C\C/C=C\CCCCCCC)OC(=O)CCCCCCCCC/C=C\C/C=C\CCCCC. The third-order valence-corrected chi connectivity index (χ3v) is 12.5. The zero-order valence-corrected chi connectivity index (χ0v) is 47.4. The molecular weight excluding hydrogens is 901 g/mol. The largest absolute Gasteiger partial charge is 0.462 e. The second-order valence-electron chi connectivity index (χ2n) is 19.5. The topological polar surface area (TPSA) is 78.9 Å². The molecule has 1 atom stereocenters. The Hall–Kier alpha value is -4.19. The highest BCUT2D eigenvalue weighted by Gasteiger charge is 2.19. The quantitative estimate of drug-likeness (QED) is 0.0261. The summed E-state index contributed by atoms with van der Waals surface area (Å²) in [6.07, 6.45) is 83.6. The second kappa shape index (κ2) is 60.4. The van der Waals surface area contributed by atoms with Crippen LogP contribution in [-0.2, 0) is 28.6 Å². The van der Waals surface area contributed by atoms with Crippen molar-refractivity contribution in [2.45, 2.75) is 271 Å². The number of rotatable bonds is 53. The van der Waals surface area contributed by atoms with Crippen LogP contribution in [0.2, 0.25) is 0 Å². The van der Waals surface area contributed by atoms with Gasteiger partial charge in [-0.1, -0.05) is 251 Å². The van der Waals surface area contributed by atoms with E-state index in [4.69, 9.17) is 14.2 Å². The van der Waals surface area contributed by atoms with Gasteiger partial charge < -0.3 is 14.2 Å². The first-order valence-electron chi connectivity index (χ1n) is 30.0. The number of esters is 3. The van der Waals surface area contributed by atoms with Gasteiger partial charge in [-0.2, -0.15) is 0 Å². The first-order valence-corrected chi connectivity index (χ1v) is 30.0.